The summed E-state index contributed by atoms with van der Waals surface area (Å²) < 4.78 is 10.8. The molecule has 1 saturated carbocycles. The van der Waals surface area contributed by atoms with Crippen LogP contribution in [0.15, 0.2) is 18.2 Å². The summed E-state index contributed by atoms with van der Waals surface area (Å²) in [5.74, 6) is 2.71. The van der Waals surface area contributed by atoms with Gasteiger partial charge in [0.25, 0.3) is 0 Å². The fourth-order valence-electron chi connectivity index (χ4n) is 2.54. The zero-order chi connectivity index (χ0) is 14.4. The van der Waals surface area contributed by atoms with E-state index in [0.717, 1.165) is 30.4 Å². The van der Waals surface area contributed by atoms with Gasteiger partial charge in [-0.15, -0.1) is 0 Å². The summed E-state index contributed by atoms with van der Waals surface area (Å²) in [6.07, 6.45) is 6.51. The summed E-state index contributed by atoms with van der Waals surface area (Å²) in [6.45, 7) is 3.26. The number of nitrogens with one attached hydrogen (secondary N) is 1. The average Bonchev–Trinajstić information content (AvgIpc) is 3.31. The number of hydrogen-bond donors (Lipinski definition) is 1. The van der Waals surface area contributed by atoms with Gasteiger partial charge in [-0.05, 0) is 49.4 Å². The Labute approximate surface area is 122 Å². The Hall–Kier alpha value is -1.22. The molecule has 0 amide bonds. The maximum atomic E-state index is 5.38. The largest absolute Gasteiger partial charge is 0.497 e. The molecule has 0 saturated heterocycles. The van der Waals surface area contributed by atoms with Crippen molar-refractivity contribution in [1.29, 1.82) is 0 Å². The molecule has 3 nitrogen and oxygen atoms in total. The number of ether oxygens (including phenoxy) is 2. The fraction of sp³-hybridized carbons (Fsp3) is 0.647. The van der Waals surface area contributed by atoms with Gasteiger partial charge in [-0.1, -0.05) is 19.8 Å². The molecule has 0 bridgehead atoms. The van der Waals surface area contributed by atoms with Crippen LogP contribution in [0.25, 0.3) is 0 Å². The van der Waals surface area contributed by atoms with E-state index in [2.05, 4.69) is 24.4 Å². The Morgan fingerprint density at radius 3 is 2.30 bits per heavy atom. The first-order valence-electron chi connectivity index (χ1n) is 7.73. The Bertz CT molecular complexity index is 393. The van der Waals surface area contributed by atoms with Crippen molar-refractivity contribution in [3.8, 4) is 11.5 Å². The number of rotatable bonds is 9. The predicted molar refractivity (Wildman–Crippen MR) is 82.5 cm³/mol. The zero-order valence-electron chi connectivity index (χ0n) is 12.9. The zero-order valence-corrected chi connectivity index (χ0v) is 12.9. The number of hydrogen-bond acceptors (Lipinski definition) is 3. The molecule has 1 atom stereocenters. The highest BCUT2D eigenvalue weighted by atomic mass is 16.5. The van der Waals surface area contributed by atoms with E-state index < -0.39 is 0 Å². The molecule has 1 fully saturated rings. The molecule has 1 aromatic rings. The lowest BCUT2D eigenvalue weighted by atomic mass is 9.99. The van der Waals surface area contributed by atoms with Gasteiger partial charge in [0.2, 0.25) is 0 Å². The highest BCUT2D eigenvalue weighted by molar-refractivity contribution is 5.39. The minimum atomic E-state index is 0.402. The highest BCUT2D eigenvalue weighted by Gasteiger charge is 2.23. The third-order valence-corrected chi connectivity index (χ3v) is 3.98. The smallest absolute Gasteiger partial charge is 0.122 e. The van der Waals surface area contributed by atoms with E-state index in [1.165, 1.54) is 31.2 Å². The summed E-state index contributed by atoms with van der Waals surface area (Å²) >= 11 is 0. The molecule has 1 N–H and O–H groups in total. The second-order valence-corrected chi connectivity index (χ2v) is 5.67. The first kappa shape index (κ1) is 15.2. The lowest BCUT2D eigenvalue weighted by Crippen LogP contribution is -2.22. The Balaban J connectivity index is 2.11. The van der Waals surface area contributed by atoms with Gasteiger partial charge in [0.1, 0.15) is 11.5 Å². The highest BCUT2D eigenvalue weighted by Crippen LogP contribution is 2.37. The van der Waals surface area contributed by atoms with Crippen LogP contribution in [0.1, 0.15) is 50.6 Å². The molecule has 20 heavy (non-hydrogen) atoms. The summed E-state index contributed by atoms with van der Waals surface area (Å²) in [4.78, 5) is 0. The van der Waals surface area contributed by atoms with Gasteiger partial charge < -0.3 is 14.8 Å². The van der Waals surface area contributed by atoms with E-state index >= 15 is 0 Å². The van der Waals surface area contributed by atoms with Crippen LogP contribution in [0.4, 0.5) is 0 Å². The van der Waals surface area contributed by atoms with Gasteiger partial charge in [0, 0.05) is 12.1 Å². The van der Waals surface area contributed by atoms with Gasteiger partial charge in [-0.3, -0.25) is 0 Å². The van der Waals surface area contributed by atoms with E-state index in [-0.39, 0.29) is 0 Å². The quantitative estimate of drug-likeness (QED) is 0.741. The topological polar surface area (TPSA) is 30.5 Å². The van der Waals surface area contributed by atoms with Crippen molar-refractivity contribution in [3.05, 3.63) is 23.8 Å². The Kier molecular flexibility index (Phi) is 5.72. The molecule has 1 aromatic carbocycles. The summed E-state index contributed by atoms with van der Waals surface area (Å²) in [5, 5.41) is 3.66. The SMILES string of the molecule is CCCNC(CCC1CC1)c1cc(OC)cc(OC)c1. The summed E-state index contributed by atoms with van der Waals surface area (Å²) in [6, 6.07) is 6.59. The van der Waals surface area contributed by atoms with Crippen molar-refractivity contribution in [3.63, 3.8) is 0 Å². The van der Waals surface area contributed by atoms with Crippen molar-refractivity contribution < 1.29 is 9.47 Å². The first-order chi connectivity index (χ1) is 9.76. The van der Waals surface area contributed by atoms with E-state index in [1.807, 2.05) is 6.07 Å². The molecule has 1 aliphatic rings. The Morgan fingerprint density at radius 1 is 1.15 bits per heavy atom. The van der Waals surface area contributed by atoms with Crippen molar-refractivity contribution >= 4 is 0 Å². The van der Waals surface area contributed by atoms with Crippen LogP contribution in [0.2, 0.25) is 0 Å². The normalized spacial score (nSPS) is 15.9. The van der Waals surface area contributed by atoms with Gasteiger partial charge >= 0.3 is 0 Å². The second-order valence-electron chi connectivity index (χ2n) is 5.67. The summed E-state index contributed by atoms with van der Waals surface area (Å²) in [7, 11) is 3.41. The van der Waals surface area contributed by atoms with E-state index in [1.54, 1.807) is 14.2 Å². The van der Waals surface area contributed by atoms with Crippen LogP contribution in [0, 0.1) is 5.92 Å². The molecule has 0 aliphatic heterocycles. The van der Waals surface area contributed by atoms with Crippen molar-refractivity contribution in [2.24, 2.45) is 5.92 Å². The van der Waals surface area contributed by atoms with Gasteiger partial charge in [0.15, 0.2) is 0 Å². The van der Waals surface area contributed by atoms with Crippen LogP contribution in [0.3, 0.4) is 0 Å². The van der Waals surface area contributed by atoms with Crippen LogP contribution in [-0.4, -0.2) is 20.8 Å². The van der Waals surface area contributed by atoms with Crippen LogP contribution < -0.4 is 14.8 Å². The second kappa shape index (κ2) is 7.53. The first-order valence-corrected chi connectivity index (χ1v) is 7.73. The van der Waals surface area contributed by atoms with Crippen LogP contribution in [-0.2, 0) is 0 Å². The van der Waals surface area contributed by atoms with Gasteiger partial charge in [-0.2, -0.15) is 0 Å². The maximum Gasteiger partial charge on any atom is 0.122 e. The number of methoxy groups -OCH3 is 2. The molecule has 0 heterocycles. The molecule has 1 aliphatic carbocycles. The predicted octanol–water partition coefficient (Wildman–Crippen LogP) is 3.93. The molecular formula is C17H27NO2. The molecule has 0 spiro atoms. The standard InChI is InChI=1S/C17H27NO2/c1-4-9-18-17(8-7-13-5-6-13)14-10-15(19-2)12-16(11-14)20-3/h10-13,17-18H,4-9H2,1-3H3. The minimum Gasteiger partial charge on any atom is -0.497 e. The van der Waals surface area contributed by atoms with E-state index in [9.17, 15) is 0 Å². The molecular weight excluding hydrogens is 250 g/mol. The molecule has 0 radical (unpaired) electrons. The van der Waals surface area contributed by atoms with Gasteiger partial charge in [-0.25, -0.2) is 0 Å². The third kappa shape index (κ3) is 4.41. The minimum absolute atomic E-state index is 0.402. The van der Waals surface area contributed by atoms with Gasteiger partial charge in [0.05, 0.1) is 14.2 Å². The Morgan fingerprint density at radius 2 is 1.80 bits per heavy atom. The molecule has 1 unspecified atom stereocenters. The summed E-state index contributed by atoms with van der Waals surface area (Å²) in [5.41, 5.74) is 1.27. The fourth-order valence-corrected chi connectivity index (χ4v) is 2.54. The monoisotopic (exact) mass is 277 g/mol. The maximum absolute atomic E-state index is 5.38. The third-order valence-electron chi connectivity index (χ3n) is 3.98. The van der Waals surface area contributed by atoms with Crippen molar-refractivity contribution in [2.75, 3.05) is 20.8 Å². The van der Waals surface area contributed by atoms with Crippen LogP contribution >= 0.6 is 0 Å². The number of benzene rings is 1. The molecule has 2 rings (SSSR count). The van der Waals surface area contributed by atoms with Crippen molar-refractivity contribution in [1.82, 2.24) is 5.32 Å². The molecule has 0 aromatic heterocycles. The molecule has 112 valence electrons. The van der Waals surface area contributed by atoms with Crippen molar-refractivity contribution in [2.45, 2.75) is 45.1 Å². The average molecular weight is 277 g/mol. The van der Waals surface area contributed by atoms with Crippen LogP contribution in [0.5, 0.6) is 11.5 Å². The lowest BCUT2D eigenvalue weighted by molar-refractivity contribution is 0.389. The van der Waals surface area contributed by atoms with E-state index in [0.29, 0.717) is 6.04 Å². The lowest BCUT2D eigenvalue weighted by Gasteiger charge is -2.20. The van der Waals surface area contributed by atoms with E-state index in [4.69, 9.17) is 9.47 Å². The molecule has 3 heteroatoms.